The molecule has 2 aliphatic heterocycles. The van der Waals surface area contributed by atoms with Gasteiger partial charge in [0.25, 0.3) is 0 Å². The third-order valence-electron chi connectivity index (χ3n) is 5.48. The van der Waals surface area contributed by atoms with E-state index in [1.807, 2.05) is 0 Å². The van der Waals surface area contributed by atoms with Gasteiger partial charge in [-0.3, -0.25) is 4.79 Å². The van der Waals surface area contributed by atoms with Crippen molar-refractivity contribution in [3.05, 3.63) is 0 Å². The highest BCUT2D eigenvalue weighted by Gasteiger charge is 2.47. The van der Waals surface area contributed by atoms with Crippen molar-refractivity contribution in [3.8, 4) is 0 Å². The normalized spacial score (nSPS) is 32.8. The number of rotatable bonds is 4. The Morgan fingerprint density at radius 2 is 1.89 bits per heavy atom. The molecule has 3 aliphatic rings. The van der Waals surface area contributed by atoms with Crippen LogP contribution in [0.4, 0.5) is 0 Å². The zero-order valence-electron chi connectivity index (χ0n) is 12.0. The Morgan fingerprint density at radius 1 is 1.26 bits per heavy atom. The van der Waals surface area contributed by atoms with Gasteiger partial charge in [-0.25, -0.2) is 0 Å². The fourth-order valence-corrected chi connectivity index (χ4v) is 4.28. The monoisotopic (exact) mass is 266 g/mol. The molecule has 0 aromatic heterocycles. The van der Waals surface area contributed by atoms with E-state index in [1.165, 1.54) is 12.8 Å². The van der Waals surface area contributed by atoms with Gasteiger partial charge in [0.15, 0.2) is 0 Å². The molecule has 0 bridgehead atoms. The number of ether oxygens (including phenoxy) is 1. The van der Waals surface area contributed by atoms with Gasteiger partial charge in [0.05, 0.1) is 5.41 Å². The molecular formula is C15H26N2O2. The first-order valence-corrected chi connectivity index (χ1v) is 7.74. The summed E-state index contributed by atoms with van der Waals surface area (Å²) in [4.78, 5) is 15.1. The van der Waals surface area contributed by atoms with Crippen molar-refractivity contribution in [2.45, 2.75) is 32.1 Å². The van der Waals surface area contributed by atoms with Crippen LogP contribution < -0.4 is 5.32 Å². The standard InChI is InChI=1S/C15H26N2O2/c1-19-7-6-15(4-2-3-5-15)14(18)17-10-12-8-16-9-13(12)11-17/h12-13,16H,2-11H2,1H3/t12-,13+. The van der Waals surface area contributed by atoms with E-state index in [9.17, 15) is 4.79 Å². The second-order valence-corrected chi connectivity index (χ2v) is 6.62. The highest BCUT2D eigenvalue weighted by molar-refractivity contribution is 5.83. The molecule has 2 atom stereocenters. The molecular weight excluding hydrogens is 240 g/mol. The predicted octanol–water partition coefficient (Wildman–Crippen LogP) is 1.26. The van der Waals surface area contributed by atoms with Gasteiger partial charge < -0.3 is 15.0 Å². The first-order chi connectivity index (χ1) is 9.25. The topological polar surface area (TPSA) is 41.6 Å². The second-order valence-electron chi connectivity index (χ2n) is 6.62. The van der Waals surface area contributed by atoms with Crippen molar-refractivity contribution in [1.29, 1.82) is 0 Å². The number of nitrogens with one attached hydrogen (secondary N) is 1. The van der Waals surface area contributed by atoms with E-state index in [0.717, 1.165) is 45.4 Å². The minimum absolute atomic E-state index is 0.0952. The average molecular weight is 266 g/mol. The Morgan fingerprint density at radius 3 is 2.47 bits per heavy atom. The molecule has 108 valence electrons. The van der Waals surface area contributed by atoms with E-state index in [-0.39, 0.29) is 5.41 Å². The van der Waals surface area contributed by atoms with Crippen LogP contribution in [0.2, 0.25) is 0 Å². The predicted molar refractivity (Wildman–Crippen MR) is 73.8 cm³/mol. The molecule has 0 spiro atoms. The number of carbonyl (C=O) groups excluding carboxylic acids is 1. The molecule has 4 nitrogen and oxygen atoms in total. The van der Waals surface area contributed by atoms with Crippen molar-refractivity contribution in [1.82, 2.24) is 10.2 Å². The van der Waals surface area contributed by atoms with Crippen LogP contribution >= 0.6 is 0 Å². The van der Waals surface area contributed by atoms with Crippen LogP contribution in [0.15, 0.2) is 0 Å². The molecule has 2 saturated heterocycles. The lowest BCUT2D eigenvalue weighted by molar-refractivity contribution is -0.142. The van der Waals surface area contributed by atoms with Gasteiger partial charge in [-0.15, -0.1) is 0 Å². The Balaban J connectivity index is 1.67. The van der Waals surface area contributed by atoms with Gasteiger partial charge in [0, 0.05) is 39.9 Å². The van der Waals surface area contributed by atoms with E-state index in [0.29, 0.717) is 24.3 Å². The SMILES string of the molecule is COCCC1(C(=O)N2C[C@H]3CNC[C@H]3C2)CCCC1. The Labute approximate surface area is 115 Å². The van der Waals surface area contributed by atoms with Crippen LogP contribution in [0.3, 0.4) is 0 Å². The molecule has 2 heterocycles. The summed E-state index contributed by atoms with van der Waals surface area (Å²) < 4.78 is 5.24. The van der Waals surface area contributed by atoms with Crippen LogP contribution in [-0.2, 0) is 9.53 Å². The van der Waals surface area contributed by atoms with E-state index < -0.39 is 0 Å². The summed E-state index contributed by atoms with van der Waals surface area (Å²) in [6.07, 6.45) is 5.46. The summed E-state index contributed by atoms with van der Waals surface area (Å²) in [5, 5.41) is 3.44. The Hall–Kier alpha value is -0.610. The van der Waals surface area contributed by atoms with Crippen molar-refractivity contribution in [2.75, 3.05) is 39.9 Å². The molecule has 1 N–H and O–H groups in total. The maximum Gasteiger partial charge on any atom is 0.228 e. The third-order valence-corrected chi connectivity index (χ3v) is 5.48. The summed E-state index contributed by atoms with van der Waals surface area (Å²) in [5.74, 6) is 1.83. The van der Waals surface area contributed by atoms with E-state index in [4.69, 9.17) is 4.74 Å². The summed E-state index contributed by atoms with van der Waals surface area (Å²) in [6, 6.07) is 0. The minimum atomic E-state index is -0.0952. The summed E-state index contributed by atoms with van der Waals surface area (Å²) in [6.45, 7) is 4.86. The molecule has 0 aromatic carbocycles. The number of nitrogens with zero attached hydrogens (tertiary/aromatic N) is 1. The minimum Gasteiger partial charge on any atom is -0.385 e. The maximum absolute atomic E-state index is 13.0. The lowest BCUT2D eigenvalue weighted by atomic mass is 9.81. The van der Waals surface area contributed by atoms with Crippen LogP contribution in [0.5, 0.6) is 0 Å². The molecule has 0 aromatic rings. The van der Waals surface area contributed by atoms with Crippen LogP contribution in [0.1, 0.15) is 32.1 Å². The molecule has 1 saturated carbocycles. The molecule has 0 radical (unpaired) electrons. The molecule has 3 rings (SSSR count). The first-order valence-electron chi connectivity index (χ1n) is 7.74. The fourth-order valence-electron chi connectivity index (χ4n) is 4.28. The quantitative estimate of drug-likeness (QED) is 0.833. The fraction of sp³-hybridized carbons (Fsp3) is 0.933. The summed E-state index contributed by atoms with van der Waals surface area (Å²) in [5.41, 5.74) is -0.0952. The maximum atomic E-state index is 13.0. The first kappa shape index (κ1) is 13.4. The number of methoxy groups -OCH3 is 1. The van der Waals surface area contributed by atoms with Crippen LogP contribution in [0, 0.1) is 17.3 Å². The molecule has 0 unspecified atom stereocenters. The van der Waals surface area contributed by atoms with Crippen molar-refractivity contribution >= 4 is 5.91 Å². The summed E-state index contributed by atoms with van der Waals surface area (Å²) >= 11 is 0. The van der Waals surface area contributed by atoms with Gasteiger partial charge in [0.2, 0.25) is 5.91 Å². The Kier molecular flexibility index (Phi) is 3.81. The number of amides is 1. The number of likely N-dealkylation sites (tertiary alicyclic amines) is 1. The molecule has 3 fully saturated rings. The van der Waals surface area contributed by atoms with Gasteiger partial charge in [-0.05, 0) is 31.1 Å². The summed E-state index contributed by atoms with van der Waals surface area (Å²) in [7, 11) is 1.74. The number of carbonyl (C=O) groups is 1. The van der Waals surface area contributed by atoms with Crippen LogP contribution in [0.25, 0.3) is 0 Å². The third kappa shape index (κ3) is 2.40. The van der Waals surface area contributed by atoms with Gasteiger partial charge in [-0.2, -0.15) is 0 Å². The second kappa shape index (κ2) is 5.41. The van der Waals surface area contributed by atoms with Gasteiger partial charge >= 0.3 is 0 Å². The smallest absolute Gasteiger partial charge is 0.228 e. The number of hydrogen-bond donors (Lipinski definition) is 1. The molecule has 4 heteroatoms. The number of hydrogen-bond acceptors (Lipinski definition) is 3. The van der Waals surface area contributed by atoms with E-state index in [1.54, 1.807) is 7.11 Å². The van der Waals surface area contributed by atoms with Crippen molar-refractivity contribution < 1.29 is 9.53 Å². The highest BCUT2D eigenvalue weighted by Crippen LogP contribution is 2.44. The molecule has 1 aliphatic carbocycles. The average Bonchev–Trinajstić information content (AvgIpc) is 3.11. The zero-order chi connectivity index (χ0) is 13.3. The Bertz CT molecular complexity index is 327. The van der Waals surface area contributed by atoms with Gasteiger partial charge in [0.1, 0.15) is 0 Å². The largest absolute Gasteiger partial charge is 0.385 e. The lowest BCUT2D eigenvalue weighted by Gasteiger charge is -2.32. The molecule has 1 amide bonds. The number of fused-ring (bicyclic) bond motifs is 1. The van der Waals surface area contributed by atoms with Crippen molar-refractivity contribution in [2.24, 2.45) is 17.3 Å². The lowest BCUT2D eigenvalue weighted by Crippen LogP contribution is -2.43. The van der Waals surface area contributed by atoms with E-state index >= 15 is 0 Å². The van der Waals surface area contributed by atoms with Crippen molar-refractivity contribution in [3.63, 3.8) is 0 Å². The van der Waals surface area contributed by atoms with E-state index in [2.05, 4.69) is 10.2 Å². The highest BCUT2D eigenvalue weighted by atomic mass is 16.5. The van der Waals surface area contributed by atoms with Gasteiger partial charge in [-0.1, -0.05) is 12.8 Å². The van der Waals surface area contributed by atoms with Crippen LogP contribution in [-0.4, -0.2) is 50.7 Å². The molecule has 19 heavy (non-hydrogen) atoms. The zero-order valence-corrected chi connectivity index (χ0v) is 12.0.